The number of hydrogen-bond donors (Lipinski definition) is 0. The van der Waals surface area contributed by atoms with Gasteiger partial charge in [-0.15, -0.1) is 0 Å². The smallest absolute Gasteiger partial charge is 0.320 e. The molecule has 3 aromatic carbocycles. The number of carbonyl (C=O) groups excluding carboxylic acids is 1. The van der Waals surface area contributed by atoms with Crippen molar-refractivity contribution in [2.45, 2.75) is 54.0 Å². The lowest BCUT2D eigenvalue weighted by Crippen LogP contribution is -2.41. The number of aryl methyl sites for hydroxylation is 4. The highest BCUT2D eigenvalue weighted by molar-refractivity contribution is 5.99. The molecule has 0 atom stereocenters. The van der Waals surface area contributed by atoms with Gasteiger partial charge in [0.15, 0.2) is 0 Å². The summed E-state index contributed by atoms with van der Waals surface area (Å²) >= 11 is 0. The highest BCUT2D eigenvalue weighted by Gasteiger charge is 2.24. The van der Waals surface area contributed by atoms with E-state index in [2.05, 4.69) is 83.1 Å². The van der Waals surface area contributed by atoms with Crippen molar-refractivity contribution in [3.8, 4) is 0 Å². The molecule has 0 saturated heterocycles. The first kappa shape index (κ1) is 22.6. The summed E-state index contributed by atoms with van der Waals surface area (Å²) in [5.41, 5.74) is 7.78. The third-order valence-electron chi connectivity index (χ3n) is 5.96. The van der Waals surface area contributed by atoms with Gasteiger partial charge in [0, 0.05) is 13.1 Å². The number of rotatable bonds is 7. The van der Waals surface area contributed by atoms with Crippen LogP contribution in [0.25, 0.3) is 0 Å². The Kier molecular flexibility index (Phi) is 7.51. The predicted octanol–water partition coefficient (Wildman–Crippen LogP) is 7.48. The molecular weight excluding hydrogens is 380 g/mol. The van der Waals surface area contributed by atoms with Gasteiger partial charge in [0.1, 0.15) is 0 Å². The number of nitrogens with zero attached hydrogens (tertiary/aromatic N) is 2. The minimum absolute atomic E-state index is 0.0174. The summed E-state index contributed by atoms with van der Waals surface area (Å²) < 4.78 is 0. The van der Waals surface area contributed by atoms with Crippen LogP contribution in [0.2, 0.25) is 0 Å². The number of unbranched alkanes of at least 4 members (excludes halogenated alkanes) is 1. The Bertz CT molecular complexity index is 975. The highest BCUT2D eigenvalue weighted by Crippen LogP contribution is 2.30. The summed E-state index contributed by atoms with van der Waals surface area (Å²) in [6.07, 6.45) is 2.03. The first-order valence-corrected chi connectivity index (χ1v) is 11.2. The van der Waals surface area contributed by atoms with Gasteiger partial charge in [-0.25, -0.2) is 4.79 Å². The molecule has 3 aromatic rings. The Balaban J connectivity index is 2.05. The van der Waals surface area contributed by atoms with E-state index in [1.807, 2.05) is 28.0 Å². The van der Waals surface area contributed by atoms with Crippen molar-refractivity contribution in [3.63, 3.8) is 0 Å². The molecule has 0 saturated carbocycles. The molecule has 0 heterocycles. The van der Waals surface area contributed by atoms with Gasteiger partial charge in [-0.05, 0) is 86.2 Å². The zero-order valence-corrected chi connectivity index (χ0v) is 19.5. The van der Waals surface area contributed by atoms with Crippen LogP contribution in [0.15, 0.2) is 66.7 Å². The standard InChI is InChI=1S/C28H34N2O/c1-6-7-17-29(20-25-11-9-8-10-12-25)28(31)30(26-15-13-21(2)23(4)18-26)27-16-14-22(3)24(5)19-27/h8-16,18-19H,6-7,17,20H2,1-5H3. The van der Waals surface area contributed by atoms with Crippen LogP contribution in [-0.4, -0.2) is 17.5 Å². The van der Waals surface area contributed by atoms with E-state index in [0.717, 1.165) is 36.3 Å². The van der Waals surface area contributed by atoms with E-state index in [0.29, 0.717) is 6.54 Å². The fraction of sp³-hybridized carbons (Fsp3) is 0.321. The zero-order valence-electron chi connectivity index (χ0n) is 19.5. The Morgan fingerprint density at radius 3 is 1.77 bits per heavy atom. The first-order valence-electron chi connectivity index (χ1n) is 11.2. The number of anilines is 2. The lowest BCUT2D eigenvalue weighted by molar-refractivity contribution is 0.203. The third-order valence-corrected chi connectivity index (χ3v) is 5.96. The molecular formula is C28H34N2O. The molecule has 3 nitrogen and oxygen atoms in total. The molecule has 0 aliphatic rings. The van der Waals surface area contributed by atoms with Gasteiger partial charge in [-0.3, -0.25) is 4.90 Å². The molecule has 3 rings (SSSR count). The van der Waals surface area contributed by atoms with Crippen molar-refractivity contribution in [1.82, 2.24) is 4.90 Å². The lowest BCUT2D eigenvalue weighted by atomic mass is 10.1. The Hall–Kier alpha value is -3.07. The first-order chi connectivity index (χ1) is 14.9. The number of hydrogen-bond acceptors (Lipinski definition) is 1. The number of amides is 2. The summed E-state index contributed by atoms with van der Waals surface area (Å²) in [4.78, 5) is 17.8. The molecule has 0 aliphatic heterocycles. The maximum absolute atomic E-state index is 14.0. The molecule has 0 unspecified atom stereocenters. The minimum atomic E-state index is 0.0174. The normalized spacial score (nSPS) is 10.7. The summed E-state index contributed by atoms with van der Waals surface area (Å²) in [7, 11) is 0. The van der Waals surface area contributed by atoms with Crippen molar-refractivity contribution in [2.24, 2.45) is 0 Å². The molecule has 0 radical (unpaired) electrons. The van der Waals surface area contributed by atoms with Crippen LogP contribution in [0.3, 0.4) is 0 Å². The van der Waals surface area contributed by atoms with Gasteiger partial charge in [-0.1, -0.05) is 55.8 Å². The molecule has 31 heavy (non-hydrogen) atoms. The van der Waals surface area contributed by atoms with E-state index in [1.54, 1.807) is 0 Å². The van der Waals surface area contributed by atoms with Crippen LogP contribution in [-0.2, 0) is 6.54 Å². The zero-order chi connectivity index (χ0) is 22.4. The average Bonchev–Trinajstić information content (AvgIpc) is 2.77. The number of urea groups is 1. The van der Waals surface area contributed by atoms with E-state index in [4.69, 9.17) is 0 Å². The maximum atomic E-state index is 14.0. The van der Waals surface area contributed by atoms with E-state index in [-0.39, 0.29) is 6.03 Å². The van der Waals surface area contributed by atoms with Gasteiger partial charge < -0.3 is 4.90 Å². The van der Waals surface area contributed by atoms with Crippen molar-refractivity contribution in [3.05, 3.63) is 94.5 Å². The summed E-state index contributed by atoms with van der Waals surface area (Å²) in [6.45, 7) is 11.9. The predicted molar refractivity (Wildman–Crippen MR) is 131 cm³/mol. The molecule has 0 aliphatic carbocycles. The van der Waals surface area contributed by atoms with Crippen LogP contribution < -0.4 is 4.90 Å². The Morgan fingerprint density at radius 1 is 0.742 bits per heavy atom. The summed E-state index contributed by atoms with van der Waals surface area (Å²) in [5.74, 6) is 0. The van der Waals surface area contributed by atoms with Gasteiger partial charge >= 0.3 is 6.03 Å². The largest absolute Gasteiger partial charge is 0.329 e. The third kappa shape index (κ3) is 5.55. The van der Waals surface area contributed by atoms with Crippen LogP contribution in [0, 0.1) is 27.7 Å². The van der Waals surface area contributed by atoms with E-state index < -0.39 is 0 Å². The molecule has 3 heteroatoms. The highest BCUT2D eigenvalue weighted by atomic mass is 16.2. The van der Waals surface area contributed by atoms with Crippen molar-refractivity contribution < 1.29 is 4.79 Å². The van der Waals surface area contributed by atoms with E-state index >= 15 is 0 Å². The average molecular weight is 415 g/mol. The van der Waals surface area contributed by atoms with E-state index in [9.17, 15) is 4.79 Å². The molecule has 0 aromatic heterocycles. The Labute approximate surface area is 187 Å². The van der Waals surface area contributed by atoms with Crippen molar-refractivity contribution in [2.75, 3.05) is 11.4 Å². The molecule has 0 fully saturated rings. The van der Waals surface area contributed by atoms with Crippen LogP contribution in [0.4, 0.5) is 16.2 Å². The van der Waals surface area contributed by atoms with Crippen molar-refractivity contribution in [1.29, 1.82) is 0 Å². The monoisotopic (exact) mass is 414 g/mol. The summed E-state index contributed by atoms with van der Waals surface area (Å²) in [6, 6.07) is 22.8. The Morgan fingerprint density at radius 2 is 1.29 bits per heavy atom. The van der Waals surface area contributed by atoms with Gasteiger partial charge in [0.25, 0.3) is 0 Å². The fourth-order valence-corrected chi connectivity index (χ4v) is 3.64. The van der Waals surface area contributed by atoms with E-state index in [1.165, 1.54) is 22.3 Å². The quantitative estimate of drug-likeness (QED) is 0.393. The van der Waals surface area contributed by atoms with Crippen LogP contribution in [0.5, 0.6) is 0 Å². The fourth-order valence-electron chi connectivity index (χ4n) is 3.64. The van der Waals surface area contributed by atoms with Gasteiger partial charge in [0.05, 0.1) is 11.4 Å². The van der Waals surface area contributed by atoms with Crippen LogP contribution >= 0.6 is 0 Å². The summed E-state index contributed by atoms with van der Waals surface area (Å²) in [5, 5.41) is 0. The number of benzene rings is 3. The lowest BCUT2D eigenvalue weighted by Gasteiger charge is -2.32. The SMILES string of the molecule is CCCCN(Cc1ccccc1)C(=O)N(c1ccc(C)c(C)c1)c1ccc(C)c(C)c1. The molecule has 0 spiro atoms. The van der Waals surface area contributed by atoms with Crippen molar-refractivity contribution >= 4 is 17.4 Å². The molecule has 2 amide bonds. The topological polar surface area (TPSA) is 23.6 Å². The maximum Gasteiger partial charge on any atom is 0.329 e. The molecule has 0 bridgehead atoms. The number of carbonyl (C=O) groups is 1. The van der Waals surface area contributed by atoms with Crippen LogP contribution in [0.1, 0.15) is 47.6 Å². The second kappa shape index (κ2) is 10.3. The second-order valence-corrected chi connectivity index (χ2v) is 8.42. The molecule has 0 N–H and O–H groups in total. The van der Waals surface area contributed by atoms with Gasteiger partial charge in [0.2, 0.25) is 0 Å². The minimum Gasteiger partial charge on any atom is -0.320 e. The van der Waals surface area contributed by atoms with Gasteiger partial charge in [-0.2, -0.15) is 0 Å². The second-order valence-electron chi connectivity index (χ2n) is 8.42. The molecule has 162 valence electrons.